The smallest absolute Gasteiger partial charge is 0.251 e. The number of amides is 2. The molecule has 2 amide bonds. The highest BCUT2D eigenvalue weighted by Crippen LogP contribution is 2.22. The number of benzene rings is 2. The van der Waals surface area contributed by atoms with Gasteiger partial charge in [-0.15, -0.1) is 5.10 Å². The Labute approximate surface area is 205 Å². The van der Waals surface area contributed by atoms with Crippen molar-refractivity contribution < 1.29 is 18.4 Å². The van der Waals surface area contributed by atoms with Crippen LogP contribution in [0.3, 0.4) is 0 Å². The Morgan fingerprint density at radius 3 is 2.49 bits per heavy atom. The van der Waals surface area contributed by atoms with Gasteiger partial charge in [-0.2, -0.15) is 0 Å². The number of hydrogen-bond acceptors (Lipinski definition) is 6. The molecule has 35 heavy (non-hydrogen) atoms. The van der Waals surface area contributed by atoms with E-state index in [1.807, 2.05) is 47.5 Å². The van der Waals surface area contributed by atoms with Gasteiger partial charge in [-0.1, -0.05) is 35.5 Å². The van der Waals surface area contributed by atoms with E-state index in [2.05, 4.69) is 20.4 Å². The fourth-order valence-corrected chi connectivity index (χ4v) is 4.15. The molecule has 1 fully saturated rings. The predicted molar refractivity (Wildman–Crippen MR) is 131 cm³/mol. The number of anilines is 1. The van der Waals surface area contributed by atoms with E-state index in [-0.39, 0.29) is 24.4 Å². The first-order valence-corrected chi connectivity index (χ1v) is 12.2. The van der Waals surface area contributed by atoms with Crippen LogP contribution in [0.5, 0.6) is 0 Å². The number of rotatable bonds is 8. The van der Waals surface area contributed by atoms with Gasteiger partial charge in [0.15, 0.2) is 0 Å². The molecule has 10 nitrogen and oxygen atoms in total. The Morgan fingerprint density at radius 1 is 1.09 bits per heavy atom. The molecule has 2 aromatic carbocycles. The Hall–Kier alpha value is -3.83. The SMILES string of the molecule is O=C(NCc1cn(C2CCN(C(=O)C=Cc3ccccc3)CC2)nn1)c1ccc(NS(=O)[O-])cc1. The molecule has 182 valence electrons. The maximum atomic E-state index is 12.5. The minimum absolute atomic E-state index is 0.000559. The second-order valence-electron chi connectivity index (χ2n) is 8.09. The van der Waals surface area contributed by atoms with Crippen LogP contribution in [-0.4, -0.2) is 53.6 Å². The highest BCUT2D eigenvalue weighted by molar-refractivity contribution is 7.80. The van der Waals surface area contributed by atoms with Gasteiger partial charge < -0.3 is 19.5 Å². The van der Waals surface area contributed by atoms with E-state index < -0.39 is 11.3 Å². The van der Waals surface area contributed by atoms with E-state index in [9.17, 15) is 18.4 Å². The summed E-state index contributed by atoms with van der Waals surface area (Å²) in [5.41, 5.74) is 2.39. The zero-order valence-corrected chi connectivity index (χ0v) is 19.7. The maximum Gasteiger partial charge on any atom is 0.251 e. The lowest BCUT2D eigenvalue weighted by atomic mass is 10.1. The lowest BCUT2D eigenvalue weighted by molar-refractivity contribution is -0.127. The fraction of sp³-hybridized carbons (Fsp3) is 0.250. The van der Waals surface area contributed by atoms with Crippen molar-refractivity contribution in [2.24, 2.45) is 0 Å². The van der Waals surface area contributed by atoms with Crippen LogP contribution in [0.2, 0.25) is 0 Å². The highest BCUT2D eigenvalue weighted by atomic mass is 32.2. The molecule has 0 aliphatic carbocycles. The van der Waals surface area contributed by atoms with E-state index in [0.717, 1.165) is 18.4 Å². The molecule has 0 radical (unpaired) electrons. The predicted octanol–water partition coefficient (Wildman–Crippen LogP) is 2.29. The number of carbonyl (C=O) groups excluding carboxylic acids is 2. The summed E-state index contributed by atoms with van der Waals surface area (Å²) in [6.45, 7) is 1.49. The van der Waals surface area contributed by atoms with Crippen molar-refractivity contribution in [2.75, 3.05) is 17.8 Å². The van der Waals surface area contributed by atoms with Crippen LogP contribution in [0.25, 0.3) is 6.08 Å². The molecule has 1 atom stereocenters. The minimum Gasteiger partial charge on any atom is -0.755 e. The number of nitrogens with zero attached hydrogens (tertiary/aromatic N) is 4. The van der Waals surface area contributed by atoms with Crippen LogP contribution in [0.15, 0.2) is 66.9 Å². The van der Waals surface area contributed by atoms with Crippen molar-refractivity contribution in [3.8, 4) is 0 Å². The van der Waals surface area contributed by atoms with Gasteiger partial charge in [0, 0.05) is 41.7 Å². The van der Waals surface area contributed by atoms with Gasteiger partial charge in [-0.05, 0) is 48.7 Å². The monoisotopic (exact) mass is 493 g/mol. The van der Waals surface area contributed by atoms with Gasteiger partial charge in [0.05, 0.1) is 18.8 Å². The molecule has 1 saturated heterocycles. The molecular weight excluding hydrogens is 468 g/mol. The number of aromatic nitrogens is 3. The number of likely N-dealkylation sites (tertiary alicyclic amines) is 1. The highest BCUT2D eigenvalue weighted by Gasteiger charge is 2.23. The quantitative estimate of drug-likeness (QED) is 0.366. The molecule has 3 aromatic rings. The van der Waals surface area contributed by atoms with Crippen LogP contribution >= 0.6 is 0 Å². The largest absolute Gasteiger partial charge is 0.755 e. The summed E-state index contributed by atoms with van der Waals surface area (Å²) < 4.78 is 25.3. The third kappa shape index (κ3) is 6.84. The molecule has 0 spiro atoms. The molecule has 1 aromatic heterocycles. The summed E-state index contributed by atoms with van der Waals surface area (Å²) in [6, 6.07) is 15.9. The van der Waals surface area contributed by atoms with Crippen molar-refractivity contribution in [2.45, 2.75) is 25.4 Å². The second kappa shape index (κ2) is 11.5. The molecule has 0 saturated carbocycles. The van der Waals surface area contributed by atoms with Crippen LogP contribution in [0, 0.1) is 0 Å². The van der Waals surface area contributed by atoms with Crippen LogP contribution in [-0.2, 0) is 22.6 Å². The van der Waals surface area contributed by atoms with E-state index in [0.29, 0.717) is 30.0 Å². The fourth-order valence-electron chi connectivity index (χ4n) is 3.82. The molecule has 2 heterocycles. The van der Waals surface area contributed by atoms with Crippen molar-refractivity contribution in [3.05, 3.63) is 83.7 Å². The maximum absolute atomic E-state index is 12.5. The summed E-state index contributed by atoms with van der Waals surface area (Å²) in [6.07, 6.45) is 6.80. The number of hydrogen-bond donors (Lipinski definition) is 2. The van der Waals surface area contributed by atoms with Crippen molar-refractivity contribution in [1.29, 1.82) is 0 Å². The summed E-state index contributed by atoms with van der Waals surface area (Å²) in [5.74, 6) is -0.302. The van der Waals surface area contributed by atoms with Gasteiger partial charge in [0.2, 0.25) is 5.91 Å². The van der Waals surface area contributed by atoms with Gasteiger partial charge in [0.25, 0.3) is 5.91 Å². The van der Waals surface area contributed by atoms with E-state index >= 15 is 0 Å². The molecule has 1 unspecified atom stereocenters. The van der Waals surface area contributed by atoms with Crippen LogP contribution in [0.4, 0.5) is 5.69 Å². The first-order valence-electron chi connectivity index (χ1n) is 11.1. The molecule has 1 aliphatic heterocycles. The molecule has 0 bridgehead atoms. The van der Waals surface area contributed by atoms with Crippen molar-refractivity contribution >= 4 is 34.8 Å². The Bertz CT molecular complexity index is 1200. The normalized spacial score (nSPS) is 15.2. The Morgan fingerprint density at radius 2 is 1.80 bits per heavy atom. The minimum atomic E-state index is -2.42. The summed E-state index contributed by atoms with van der Waals surface area (Å²) in [4.78, 5) is 26.7. The number of piperidine rings is 1. The molecule has 2 N–H and O–H groups in total. The Kier molecular flexibility index (Phi) is 8.01. The summed E-state index contributed by atoms with van der Waals surface area (Å²) in [7, 11) is 0. The van der Waals surface area contributed by atoms with Crippen molar-refractivity contribution in [3.63, 3.8) is 0 Å². The Balaban J connectivity index is 1.24. The van der Waals surface area contributed by atoms with Crippen LogP contribution in [0.1, 0.15) is 40.5 Å². The third-order valence-corrected chi connectivity index (χ3v) is 6.11. The standard InChI is InChI=1S/C24H26N6O4S/c31-23(11-6-18-4-2-1-3-5-18)29-14-12-22(13-15-29)30-17-21(26-28-30)16-25-24(32)19-7-9-20(10-8-19)27-35(33)34/h1-11,17,22,27H,12-16H2,(H,25,32)(H,33,34)/p-1. The molecule has 11 heteroatoms. The summed E-state index contributed by atoms with van der Waals surface area (Å²) >= 11 is -2.42. The average Bonchev–Trinajstić information content (AvgIpc) is 3.36. The molecule has 1 aliphatic rings. The topological polar surface area (TPSA) is 132 Å². The third-order valence-electron chi connectivity index (χ3n) is 5.70. The first-order chi connectivity index (χ1) is 17.0. The lowest BCUT2D eigenvalue weighted by Gasteiger charge is -2.31. The summed E-state index contributed by atoms with van der Waals surface area (Å²) in [5, 5.41) is 11.1. The van der Waals surface area contributed by atoms with Crippen molar-refractivity contribution in [1.82, 2.24) is 25.2 Å². The average molecular weight is 494 g/mol. The van der Waals surface area contributed by atoms with E-state index in [1.54, 1.807) is 10.8 Å². The number of carbonyl (C=O) groups is 2. The molecular formula is C24H25N6O4S-. The van der Waals surface area contributed by atoms with E-state index in [1.165, 1.54) is 24.3 Å². The van der Waals surface area contributed by atoms with Gasteiger partial charge in [-0.3, -0.25) is 13.8 Å². The van der Waals surface area contributed by atoms with Gasteiger partial charge >= 0.3 is 0 Å². The van der Waals surface area contributed by atoms with E-state index in [4.69, 9.17) is 0 Å². The first kappa shape index (κ1) is 24.3. The number of nitrogens with one attached hydrogen (secondary N) is 2. The zero-order chi connectivity index (χ0) is 24.6. The molecule has 4 rings (SSSR count). The second-order valence-corrected chi connectivity index (χ2v) is 8.76. The van der Waals surface area contributed by atoms with Gasteiger partial charge in [-0.25, -0.2) is 4.68 Å². The van der Waals surface area contributed by atoms with Gasteiger partial charge in [0.1, 0.15) is 5.69 Å². The zero-order valence-electron chi connectivity index (χ0n) is 18.9. The lowest BCUT2D eigenvalue weighted by Crippen LogP contribution is -2.38. The van der Waals surface area contributed by atoms with Crippen LogP contribution < -0.4 is 10.0 Å².